The smallest absolute Gasteiger partial charge is 0.306 e. The summed E-state index contributed by atoms with van der Waals surface area (Å²) in [5, 5.41) is 12.2. The number of esters is 2. The van der Waals surface area contributed by atoms with Gasteiger partial charge < -0.3 is 19.9 Å². The van der Waals surface area contributed by atoms with Gasteiger partial charge >= 0.3 is 11.9 Å². The van der Waals surface area contributed by atoms with Crippen LogP contribution in [0.25, 0.3) is 0 Å². The number of nitrogens with one attached hydrogen (secondary N) is 1. The third-order valence-electron chi connectivity index (χ3n) is 6.35. The number of aliphatic hydroxyl groups excluding tert-OH is 1. The van der Waals surface area contributed by atoms with E-state index < -0.39 is 6.10 Å². The molecule has 0 aromatic rings. The van der Waals surface area contributed by atoms with Crippen LogP contribution in [0, 0.1) is 0 Å². The largest absolute Gasteiger partial charge is 0.462 e. The van der Waals surface area contributed by atoms with Gasteiger partial charge in [-0.2, -0.15) is 0 Å². The van der Waals surface area contributed by atoms with Crippen molar-refractivity contribution < 1.29 is 29.0 Å². The van der Waals surface area contributed by atoms with Gasteiger partial charge in [0, 0.05) is 26.3 Å². The van der Waals surface area contributed by atoms with Gasteiger partial charge in [0.15, 0.2) is 6.10 Å². The van der Waals surface area contributed by atoms with Crippen molar-refractivity contribution in [3.05, 3.63) is 0 Å². The molecule has 0 spiro atoms. The average Bonchev–Trinajstić information content (AvgIpc) is 2.85. The molecule has 0 aliphatic rings. The van der Waals surface area contributed by atoms with Crippen molar-refractivity contribution >= 4 is 17.8 Å². The first kappa shape index (κ1) is 34.4. The lowest BCUT2D eigenvalue weighted by Crippen LogP contribution is -2.28. The van der Waals surface area contributed by atoms with Crippen LogP contribution in [0.1, 0.15) is 142 Å². The maximum absolute atomic E-state index is 12.0. The zero-order chi connectivity index (χ0) is 26.7. The fraction of sp³-hybridized carbons (Fsp3) is 0.897. The van der Waals surface area contributed by atoms with Crippen LogP contribution in [-0.4, -0.2) is 48.8 Å². The van der Waals surface area contributed by atoms with E-state index in [2.05, 4.69) is 12.2 Å². The van der Waals surface area contributed by atoms with E-state index in [9.17, 15) is 19.5 Å². The fourth-order valence-electron chi connectivity index (χ4n) is 4.10. The average molecular weight is 514 g/mol. The summed E-state index contributed by atoms with van der Waals surface area (Å²) < 4.78 is 10.5. The van der Waals surface area contributed by atoms with Gasteiger partial charge in [0.25, 0.3) is 0 Å². The maximum atomic E-state index is 12.0. The Morgan fingerprint density at radius 2 is 1.11 bits per heavy atom. The van der Waals surface area contributed by atoms with Crippen molar-refractivity contribution in [1.82, 2.24) is 5.32 Å². The Bertz CT molecular complexity index is 540. The molecule has 36 heavy (non-hydrogen) atoms. The summed E-state index contributed by atoms with van der Waals surface area (Å²) in [7, 11) is 0. The Morgan fingerprint density at radius 3 is 1.58 bits per heavy atom. The van der Waals surface area contributed by atoms with Gasteiger partial charge in [-0.05, 0) is 19.3 Å². The fourth-order valence-corrected chi connectivity index (χ4v) is 4.10. The monoisotopic (exact) mass is 513 g/mol. The summed E-state index contributed by atoms with van der Waals surface area (Å²) >= 11 is 0. The number of unbranched alkanes of at least 4 members (excludes halogenated alkanes) is 16. The first-order chi connectivity index (χ1) is 17.5. The van der Waals surface area contributed by atoms with Crippen LogP contribution in [0.4, 0.5) is 0 Å². The van der Waals surface area contributed by atoms with Gasteiger partial charge in [-0.25, -0.2) is 0 Å². The maximum Gasteiger partial charge on any atom is 0.306 e. The molecule has 0 fully saturated rings. The molecule has 0 aliphatic heterocycles. The highest BCUT2D eigenvalue weighted by Crippen LogP contribution is 2.12. The molecule has 0 heterocycles. The molecule has 0 aromatic heterocycles. The molecule has 7 heteroatoms. The molecular weight excluding hydrogens is 458 g/mol. The summed E-state index contributed by atoms with van der Waals surface area (Å²) in [5.41, 5.74) is 0. The zero-order valence-corrected chi connectivity index (χ0v) is 23.3. The van der Waals surface area contributed by atoms with Gasteiger partial charge in [0.1, 0.15) is 6.61 Å². The minimum Gasteiger partial charge on any atom is -0.462 e. The van der Waals surface area contributed by atoms with Gasteiger partial charge in [-0.1, -0.05) is 103 Å². The van der Waals surface area contributed by atoms with Gasteiger partial charge in [-0.3, -0.25) is 14.4 Å². The molecular formula is C29H55NO6. The molecule has 0 saturated heterocycles. The van der Waals surface area contributed by atoms with Crippen LogP contribution >= 0.6 is 0 Å². The summed E-state index contributed by atoms with van der Waals surface area (Å²) in [6.07, 6.45) is 20.4. The molecule has 0 rings (SSSR count). The molecule has 212 valence electrons. The predicted molar refractivity (Wildman–Crippen MR) is 145 cm³/mol. The number of hydrogen-bond donors (Lipinski definition) is 2. The number of rotatable bonds is 26. The number of aliphatic hydroxyl groups is 1. The SMILES string of the molecule is CCCCCCCCCCCC(=O)O[C@H](CO)COC(=O)CCCCCCCCCCCNC(C)=O. The van der Waals surface area contributed by atoms with E-state index in [0.29, 0.717) is 12.8 Å². The van der Waals surface area contributed by atoms with Crippen LogP contribution in [0.2, 0.25) is 0 Å². The number of carbonyl (C=O) groups is 3. The van der Waals surface area contributed by atoms with Crippen molar-refractivity contribution in [3.8, 4) is 0 Å². The van der Waals surface area contributed by atoms with Crippen LogP contribution in [0.5, 0.6) is 0 Å². The first-order valence-electron chi connectivity index (χ1n) is 14.7. The van der Waals surface area contributed by atoms with Crippen LogP contribution in [-0.2, 0) is 23.9 Å². The standard InChI is InChI=1S/C29H55NO6/c1-3-4-5-6-7-9-13-16-19-22-29(34)36-27(24-31)25-35-28(33)21-18-15-12-10-8-11-14-17-20-23-30-26(2)32/h27,31H,3-25H2,1-2H3,(H,30,32)/t27-/m1/s1. The highest BCUT2D eigenvalue weighted by atomic mass is 16.6. The predicted octanol–water partition coefficient (Wildman–Crippen LogP) is 6.39. The summed E-state index contributed by atoms with van der Waals surface area (Å²) in [6.45, 7) is 4.11. The van der Waals surface area contributed by atoms with E-state index in [1.807, 2.05) is 0 Å². The lowest BCUT2D eigenvalue weighted by Gasteiger charge is -2.15. The molecule has 0 saturated carbocycles. The van der Waals surface area contributed by atoms with E-state index in [0.717, 1.165) is 57.9 Å². The summed E-state index contributed by atoms with van der Waals surface area (Å²) in [6, 6.07) is 0. The van der Waals surface area contributed by atoms with Crippen molar-refractivity contribution in [2.75, 3.05) is 19.8 Å². The summed E-state index contributed by atoms with van der Waals surface area (Å²) in [4.78, 5) is 34.7. The van der Waals surface area contributed by atoms with E-state index in [1.54, 1.807) is 6.92 Å². The third-order valence-corrected chi connectivity index (χ3v) is 6.35. The lowest BCUT2D eigenvalue weighted by molar-refractivity contribution is -0.161. The molecule has 1 amide bonds. The third kappa shape index (κ3) is 25.5. The molecule has 0 bridgehead atoms. The number of hydrogen-bond acceptors (Lipinski definition) is 6. The quantitative estimate of drug-likeness (QED) is 0.103. The second kappa shape index (κ2) is 26.4. The Labute approximate surface area is 220 Å². The topological polar surface area (TPSA) is 102 Å². The van der Waals surface area contributed by atoms with Crippen LogP contribution < -0.4 is 5.32 Å². The van der Waals surface area contributed by atoms with Crippen LogP contribution in [0.3, 0.4) is 0 Å². The molecule has 2 N–H and O–H groups in total. The van der Waals surface area contributed by atoms with E-state index in [-0.39, 0.29) is 31.1 Å². The number of carbonyl (C=O) groups excluding carboxylic acids is 3. The minimum absolute atomic E-state index is 0.0371. The van der Waals surface area contributed by atoms with E-state index >= 15 is 0 Å². The van der Waals surface area contributed by atoms with Gasteiger partial charge in [0.2, 0.25) is 5.91 Å². The lowest BCUT2D eigenvalue weighted by atomic mass is 10.1. The second-order valence-corrected chi connectivity index (χ2v) is 9.97. The normalized spacial score (nSPS) is 11.8. The number of amides is 1. The Hall–Kier alpha value is -1.63. The van der Waals surface area contributed by atoms with E-state index in [1.165, 1.54) is 64.2 Å². The van der Waals surface area contributed by atoms with Gasteiger partial charge in [-0.15, -0.1) is 0 Å². The number of ether oxygens (including phenoxy) is 2. The van der Waals surface area contributed by atoms with Crippen LogP contribution in [0.15, 0.2) is 0 Å². The van der Waals surface area contributed by atoms with Gasteiger partial charge in [0.05, 0.1) is 6.61 Å². The zero-order valence-electron chi connectivity index (χ0n) is 23.3. The Morgan fingerprint density at radius 1 is 0.667 bits per heavy atom. The van der Waals surface area contributed by atoms with Crippen molar-refractivity contribution in [1.29, 1.82) is 0 Å². The molecule has 0 aromatic carbocycles. The Kier molecular flexibility index (Phi) is 25.2. The minimum atomic E-state index is -0.779. The Balaban J connectivity index is 3.57. The molecule has 0 aliphatic carbocycles. The molecule has 0 unspecified atom stereocenters. The second-order valence-electron chi connectivity index (χ2n) is 9.97. The summed E-state index contributed by atoms with van der Waals surface area (Å²) in [5.74, 6) is -0.599. The molecule has 7 nitrogen and oxygen atoms in total. The molecule has 0 radical (unpaired) electrons. The van der Waals surface area contributed by atoms with Crippen molar-refractivity contribution in [2.24, 2.45) is 0 Å². The first-order valence-corrected chi connectivity index (χ1v) is 14.7. The van der Waals surface area contributed by atoms with Crippen molar-refractivity contribution in [3.63, 3.8) is 0 Å². The highest BCUT2D eigenvalue weighted by molar-refractivity contribution is 5.72. The van der Waals surface area contributed by atoms with E-state index in [4.69, 9.17) is 9.47 Å². The molecule has 1 atom stereocenters. The van der Waals surface area contributed by atoms with Crippen molar-refractivity contribution in [2.45, 2.75) is 148 Å². The highest BCUT2D eigenvalue weighted by Gasteiger charge is 2.16.